The van der Waals surface area contributed by atoms with Crippen molar-refractivity contribution in [2.45, 2.75) is 45.7 Å². The topological polar surface area (TPSA) is 86.9 Å². The lowest BCUT2D eigenvalue weighted by Gasteiger charge is -2.34. The Bertz CT molecular complexity index is 1190. The number of rotatable bonds is 6. The minimum atomic E-state index is -0.219. The van der Waals surface area contributed by atoms with Crippen LogP contribution in [0.3, 0.4) is 0 Å². The van der Waals surface area contributed by atoms with Gasteiger partial charge >= 0.3 is 0 Å². The molecule has 1 aliphatic rings. The number of fused-ring (bicyclic) bond motifs is 1. The van der Waals surface area contributed by atoms with Gasteiger partial charge in [-0.05, 0) is 56.7 Å². The molecule has 2 aromatic heterocycles. The second-order valence-corrected chi connectivity index (χ2v) is 10.0. The zero-order valence-corrected chi connectivity index (χ0v) is 20.2. The van der Waals surface area contributed by atoms with Crippen LogP contribution in [0.1, 0.15) is 55.6 Å². The normalized spacial score (nSPS) is 15.2. The van der Waals surface area contributed by atoms with E-state index in [1.807, 2.05) is 35.1 Å². The molecule has 172 valence electrons. The summed E-state index contributed by atoms with van der Waals surface area (Å²) < 4.78 is 1.93. The highest BCUT2D eigenvalue weighted by Gasteiger charge is 2.23. The Labute approximate surface area is 198 Å². The highest BCUT2D eigenvalue weighted by atomic mass is 32.2. The molecule has 1 amide bonds. The van der Waals surface area contributed by atoms with Crippen molar-refractivity contribution in [3.05, 3.63) is 60.6 Å². The monoisotopic (exact) mass is 462 g/mol. The number of carbonyl (C=O) groups is 1. The highest BCUT2D eigenvalue weighted by molar-refractivity contribution is 8.21. The van der Waals surface area contributed by atoms with Gasteiger partial charge in [-0.25, -0.2) is 4.98 Å². The van der Waals surface area contributed by atoms with Crippen molar-refractivity contribution in [2.24, 2.45) is 0 Å². The summed E-state index contributed by atoms with van der Waals surface area (Å²) in [5, 5.41) is 17.4. The summed E-state index contributed by atoms with van der Waals surface area (Å²) in [6, 6.07) is 8.70. The van der Waals surface area contributed by atoms with Crippen molar-refractivity contribution < 1.29 is 4.79 Å². The van der Waals surface area contributed by atoms with Crippen molar-refractivity contribution in [3.63, 3.8) is 0 Å². The van der Waals surface area contributed by atoms with Gasteiger partial charge in [-0.2, -0.15) is 5.10 Å². The Hall–Kier alpha value is -2.97. The zero-order chi connectivity index (χ0) is 23.5. The smallest absolute Gasteiger partial charge is 0.260 e. The molecule has 0 spiro atoms. The molecule has 0 unspecified atom stereocenters. The average Bonchev–Trinajstić information content (AvgIpc) is 3.29. The molecule has 8 heteroatoms. The Balaban J connectivity index is 1.44. The first-order valence-corrected chi connectivity index (χ1v) is 12.0. The quantitative estimate of drug-likeness (QED) is 0.377. The van der Waals surface area contributed by atoms with E-state index < -0.39 is 0 Å². The number of anilines is 1. The third kappa shape index (κ3) is 5.51. The number of benzene rings is 1. The van der Waals surface area contributed by atoms with Crippen LogP contribution in [0.5, 0.6) is 0 Å². The number of hydrogen-bond acceptors (Lipinski definition) is 6. The van der Waals surface area contributed by atoms with Gasteiger partial charge in [-0.15, -0.1) is 0 Å². The first-order chi connectivity index (χ1) is 15.8. The van der Waals surface area contributed by atoms with Crippen LogP contribution in [0.2, 0.25) is 0 Å². The van der Waals surface area contributed by atoms with Crippen molar-refractivity contribution in [1.82, 2.24) is 19.7 Å². The van der Waals surface area contributed by atoms with Crippen LogP contribution >= 0.6 is 11.8 Å². The molecule has 7 nitrogen and oxygen atoms in total. The molecule has 1 fully saturated rings. The zero-order valence-electron chi connectivity index (χ0n) is 19.3. The van der Waals surface area contributed by atoms with E-state index in [4.69, 9.17) is 5.41 Å². The Morgan fingerprint density at radius 3 is 2.64 bits per heavy atom. The van der Waals surface area contributed by atoms with Gasteiger partial charge in [0.2, 0.25) is 0 Å². The van der Waals surface area contributed by atoms with Crippen molar-refractivity contribution in [1.29, 1.82) is 5.41 Å². The second kappa shape index (κ2) is 9.89. The van der Waals surface area contributed by atoms with Gasteiger partial charge in [0, 0.05) is 41.8 Å². The van der Waals surface area contributed by atoms with Gasteiger partial charge in [0.1, 0.15) is 5.82 Å². The van der Waals surface area contributed by atoms with Gasteiger partial charge < -0.3 is 10.2 Å². The number of nitrogens with zero attached hydrogens (tertiary/aromatic N) is 4. The molecule has 33 heavy (non-hydrogen) atoms. The van der Waals surface area contributed by atoms with Gasteiger partial charge in [0.25, 0.3) is 5.91 Å². The predicted octanol–water partition coefficient (Wildman–Crippen LogP) is 5.43. The fraction of sp³-hybridized carbons (Fsp3) is 0.360. The van der Waals surface area contributed by atoms with E-state index in [1.165, 1.54) is 11.8 Å². The maximum Gasteiger partial charge on any atom is 0.260 e. The summed E-state index contributed by atoms with van der Waals surface area (Å²) in [7, 11) is 0. The van der Waals surface area contributed by atoms with E-state index in [9.17, 15) is 4.79 Å². The maximum atomic E-state index is 12.8. The van der Waals surface area contributed by atoms with Gasteiger partial charge in [-0.3, -0.25) is 14.9 Å². The summed E-state index contributed by atoms with van der Waals surface area (Å²) in [5.41, 5.74) is 1.48. The Morgan fingerprint density at radius 2 is 1.94 bits per heavy atom. The minimum absolute atomic E-state index is 0.219. The number of amides is 1. The SMILES string of the molecule is C=C(SC(C)=N)c1ccc2cnc(NC(=O)c3cnn(C4CCN(C(C)C)CC4)c3)cc2c1. The lowest BCUT2D eigenvalue weighted by Crippen LogP contribution is -2.39. The first kappa shape index (κ1) is 23.2. The summed E-state index contributed by atoms with van der Waals surface area (Å²) in [6.45, 7) is 12.4. The molecule has 3 heterocycles. The van der Waals surface area contributed by atoms with E-state index in [2.05, 4.69) is 40.7 Å². The predicted molar refractivity (Wildman–Crippen MR) is 137 cm³/mol. The summed E-state index contributed by atoms with van der Waals surface area (Å²) in [4.78, 5) is 20.5. The number of hydrogen-bond donors (Lipinski definition) is 2. The lowest BCUT2D eigenvalue weighted by atomic mass is 10.0. The molecule has 1 aromatic carbocycles. The molecular weight excluding hydrogens is 432 g/mol. The van der Waals surface area contributed by atoms with E-state index >= 15 is 0 Å². The molecule has 1 saturated heterocycles. The molecule has 0 atom stereocenters. The van der Waals surface area contributed by atoms with Crippen LogP contribution in [0, 0.1) is 5.41 Å². The van der Waals surface area contributed by atoms with Gasteiger partial charge in [0.15, 0.2) is 0 Å². The van der Waals surface area contributed by atoms with E-state index in [-0.39, 0.29) is 5.91 Å². The van der Waals surface area contributed by atoms with E-state index in [0.29, 0.717) is 28.5 Å². The fourth-order valence-electron chi connectivity index (χ4n) is 4.14. The van der Waals surface area contributed by atoms with Crippen LogP contribution in [0.25, 0.3) is 15.7 Å². The number of likely N-dealkylation sites (tertiary alicyclic amines) is 1. The number of carbonyl (C=O) groups excluding carboxylic acids is 1. The molecule has 0 bridgehead atoms. The number of pyridine rings is 1. The second-order valence-electron chi connectivity index (χ2n) is 8.74. The molecule has 0 aliphatic carbocycles. The van der Waals surface area contributed by atoms with Crippen molar-refractivity contribution in [3.8, 4) is 0 Å². The molecule has 3 aromatic rings. The van der Waals surface area contributed by atoms with Gasteiger partial charge in [0.05, 0.1) is 22.8 Å². The molecule has 4 rings (SSSR count). The number of aromatic nitrogens is 3. The number of piperidine rings is 1. The molecule has 1 aliphatic heterocycles. The molecule has 0 saturated carbocycles. The minimum Gasteiger partial charge on any atom is -0.306 e. The summed E-state index contributed by atoms with van der Waals surface area (Å²) in [5.74, 6) is 0.271. The lowest BCUT2D eigenvalue weighted by molar-refractivity contribution is 0.102. The summed E-state index contributed by atoms with van der Waals surface area (Å²) in [6.07, 6.45) is 7.29. The standard InChI is InChI=1S/C25H30N6OS/c1-16(2)30-9-7-23(8-10-30)31-15-22(14-28-31)25(32)29-24-12-21-11-19(17(3)33-18(4)26)5-6-20(21)13-27-24/h5-6,11-16,23,26H,3,7-10H2,1-2,4H3,(H,27,29,32). The third-order valence-electron chi connectivity index (χ3n) is 6.03. The fourth-order valence-corrected chi connectivity index (χ4v) is 4.75. The average molecular weight is 463 g/mol. The van der Waals surface area contributed by atoms with Crippen molar-refractivity contribution in [2.75, 3.05) is 18.4 Å². The van der Waals surface area contributed by atoms with Crippen LogP contribution in [-0.2, 0) is 0 Å². The largest absolute Gasteiger partial charge is 0.306 e. The van der Waals surface area contributed by atoms with Gasteiger partial charge in [-0.1, -0.05) is 30.5 Å². The van der Waals surface area contributed by atoms with Crippen LogP contribution < -0.4 is 5.32 Å². The Morgan fingerprint density at radius 1 is 1.18 bits per heavy atom. The molecule has 2 N–H and O–H groups in total. The summed E-state index contributed by atoms with van der Waals surface area (Å²) >= 11 is 1.34. The molecular formula is C25H30N6OS. The van der Waals surface area contributed by atoms with Crippen molar-refractivity contribution >= 4 is 44.2 Å². The first-order valence-electron chi connectivity index (χ1n) is 11.2. The third-order valence-corrected chi connectivity index (χ3v) is 6.82. The number of thioether (sulfide) groups is 1. The van der Waals surface area contributed by atoms with Crippen LogP contribution in [0.15, 0.2) is 49.4 Å². The van der Waals surface area contributed by atoms with Crippen LogP contribution in [0.4, 0.5) is 5.82 Å². The van der Waals surface area contributed by atoms with E-state index in [1.54, 1.807) is 19.3 Å². The van der Waals surface area contributed by atoms with E-state index in [0.717, 1.165) is 47.2 Å². The van der Waals surface area contributed by atoms with Crippen LogP contribution in [-0.4, -0.2) is 49.7 Å². The number of nitrogens with one attached hydrogen (secondary N) is 2. The highest BCUT2D eigenvalue weighted by Crippen LogP contribution is 2.29. The Kier molecular flexibility index (Phi) is 6.95. The maximum absolute atomic E-state index is 12.8. The molecule has 0 radical (unpaired) electrons.